The summed E-state index contributed by atoms with van der Waals surface area (Å²) in [5.41, 5.74) is -0.874. The maximum atomic E-state index is 12.5. The van der Waals surface area contributed by atoms with E-state index in [1.807, 2.05) is 0 Å². The third-order valence-electron chi connectivity index (χ3n) is 2.89. The molecule has 0 spiro atoms. The maximum Gasteiger partial charge on any atom is 0.416 e. The molecule has 0 fully saturated rings. The topological polar surface area (TPSA) is 64.6 Å². The highest BCUT2D eigenvalue weighted by atomic mass is 19.4. The highest BCUT2D eigenvalue weighted by molar-refractivity contribution is 5.78. The first kappa shape index (κ1) is 21.5. The summed E-state index contributed by atoms with van der Waals surface area (Å²) in [5, 5.41) is 2.27. The zero-order valence-electron chi connectivity index (χ0n) is 15.0. The summed E-state index contributed by atoms with van der Waals surface area (Å²) in [5.74, 6) is -0.666. The normalized spacial score (nSPS) is 13.3. The van der Waals surface area contributed by atoms with Crippen molar-refractivity contribution in [3.05, 3.63) is 41.5 Å². The average Bonchev–Trinajstić information content (AvgIpc) is 2.49. The fraction of sp³-hybridized carbons (Fsp3) is 0.444. The van der Waals surface area contributed by atoms with Crippen molar-refractivity contribution < 1.29 is 32.2 Å². The summed E-state index contributed by atoms with van der Waals surface area (Å²) in [6.45, 7) is 6.32. The molecule has 0 saturated carbocycles. The van der Waals surface area contributed by atoms with Gasteiger partial charge in [-0.1, -0.05) is 18.2 Å². The second-order valence-electron chi connectivity index (χ2n) is 6.53. The quantitative estimate of drug-likeness (QED) is 0.787. The SMILES string of the molecule is CC(/C=C/c1ccc(C(F)(F)F)cc1)OC(=O)CNC(=O)OC(C)(C)C. The highest BCUT2D eigenvalue weighted by Gasteiger charge is 2.29. The lowest BCUT2D eigenvalue weighted by atomic mass is 10.1. The lowest BCUT2D eigenvalue weighted by Gasteiger charge is -2.19. The van der Waals surface area contributed by atoms with Crippen LogP contribution in [0.3, 0.4) is 0 Å². The van der Waals surface area contributed by atoms with E-state index in [2.05, 4.69) is 5.32 Å². The van der Waals surface area contributed by atoms with E-state index in [9.17, 15) is 22.8 Å². The molecule has 8 heteroatoms. The number of ether oxygens (including phenoxy) is 2. The molecule has 0 radical (unpaired) electrons. The predicted octanol–water partition coefficient (Wildman–Crippen LogP) is 4.18. The van der Waals surface area contributed by atoms with Crippen LogP contribution in [-0.4, -0.2) is 30.3 Å². The molecule has 0 aromatic heterocycles. The molecule has 0 bridgehead atoms. The first-order valence-corrected chi connectivity index (χ1v) is 7.88. The van der Waals surface area contributed by atoms with Gasteiger partial charge in [0.1, 0.15) is 18.2 Å². The largest absolute Gasteiger partial charge is 0.457 e. The second kappa shape index (κ2) is 8.73. The number of halogens is 3. The molecule has 26 heavy (non-hydrogen) atoms. The Morgan fingerprint density at radius 1 is 1.15 bits per heavy atom. The first-order valence-electron chi connectivity index (χ1n) is 7.88. The fourth-order valence-corrected chi connectivity index (χ4v) is 1.78. The molecule has 0 heterocycles. The van der Waals surface area contributed by atoms with E-state index in [-0.39, 0.29) is 6.54 Å². The van der Waals surface area contributed by atoms with Gasteiger partial charge in [0, 0.05) is 0 Å². The van der Waals surface area contributed by atoms with E-state index in [0.29, 0.717) is 5.56 Å². The van der Waals surface area contributed by atoms with Gasteiger partial charge < -0.3 is 14.8 Å². The van der Waals surface area contributed by atoms with Crippen LogP contribution in [0, 0.1) is 0 Å². The summed E-state index contributed by atoms with van der Waals surface area (Å²) in [7, 11) is 0. The Bertz CT molecular complexity index is 646. The molecule has 5 nitrogen and oxygen atoms in total. The Labute approximate surface area is 150 Å². The van der Waals surface area contributed by atoms with Crippen LogP contribution in [0.4, 0.5) is 18.0 Å². The van der Waals surface area contributed by atoms with Crippen LogP contribution in [-0.2, 0) is 20.4 Å². The van der Waals surface area contributed by atoms with E-state index in [1.165, 1.54) is 18.2 Å². The number of carbonyl (C=O) groups is 2. The molecular formula is C18H22F3NO4. The molecule has 0 aliphatic carbocycles. The number of carbonyl (C=O) groups excluding carboxylic acids is 2. The number of hydrogen-bond acceptors (Lipinski definition) is 4. The summed E-state index contributed by atoms with van der Waals surface area (Å²) in [6, 6.07) is 4.58. The third kappa shape index (κ3) is 8.55. The van der Waals surface area contributed by atoms with Crippen LogP contribution in [0.25, 0.3) is 6.08 Å². The lowest BCUT2D eigenvalue weighted by Crippen LogP contribution is -2.36. The summed E-state index contributed by atoms with van der Waals surface area (Å²) >= 11 is 0. The molecule has 1 N–H and O–H groups in total. The molecule has 1 aromatic carbocycles. The van der Waals surface area contributed by atoms with Crippen LogP contribution < -0.4 is 5.32 Å². The number of alkyl carbamates (subject to hydrolysis) is 1. The van der Waals surface area contributed by atoms with Crippen molar-refractivity contribution in [3.8, 4) is 0 Å². The van der Waals surface area contributed by atoms with Gasteiger partial charge in [0.25, 0.3) is 0 Å². The van der Waals surface area contributed by atoms with Crippen molar-refractivity contribution in [2.45, 2.75) is 45.6 Å². The minimum atomic E-state index is -4.38. The molecule has 1 rings (SSSR count). The molecule has 1 amide bonds. The number of alkyl halides is 3. The van der Waals surface area contributed by atoms with Gasteiger partial charge in [-0.3, -0.25) is 4.79 Å². The van der Waals surface area contributed by atoms with Crippen molar-refractivity contribution in [2.24, 2.45) is 0 Å². The van der Waals surface area contributed by atoms with Crippen LogP contribution in [0.15, 0.2) is 30.3 Å². The Morgan fingerprint density at radius 3 is 2.23 bits per heavy atom. The Morgan fingerprint density at radius 2 is 1.73 bits per heavy atom. The number of nitrogens with one attached hydrogen (secondary N) is 1. The van der Waals surface area contributed by atoms with E-state index in [1.54, 1.807) is 33.8 Å². The number of rotatable bonds is 5. The van der Waals surface area contributed by atoms with Crippen molar-refractivity contribution in [3.63, 3.8) is 0 Å². The highest BCUT2D eigenvalue weighted by Crippen LogP contribution is 2.29. The molecule has 144 valence electrons. The Balaban J connectivity index is 2.45. The summed E-state index contributed by atoms with van der Waals surface area (Å²) in [6.07, 6.45) is -2.67. The van der Waals surface area contributed by atoms with Crippen molar-refractivity contribution in [1.82, 2.24) is 5.32 Å². The van der Waals surface area contributed by atoms with Gasteiger partial charge in [0.05, 0.1) is 5.56 Å². The number of esters is 1. The molecule has 1 aromatic rings. The Kier molecular flexibility index (Phi) is 7.23. The smallest absolute Gasteiger partial charge is 0.416 e. The molecule has 0 saturated heterocycles. The molecule has 1 unspecified atom stereocenters. The van der Waals surface area contributed by atoms with E-state index in [4.69, 9.17) is 9.47 Å². The van der Waals surface area contributed by atoms with E-state index in [0.717, 1.165) is 12.1 Å². The van der Waals surface area contributed by atoms with E-state index >= 15 is 0 Å². The van der Waals surface area contributed by atoms with Gasteiger partial charge in [-0.25, -0.2) is 4.79 Å². The van der Waals surface area contributed by atoms with Gasteiger partial charge in [-0.05, 0) is 51.5 Å². The van der Waals surface area contributed by atoms with Gasteiger partial charge in [0.2, 0.25) is 0 Å². The van der Waals surface area contributed by atoms with Gasteiger partial charge in [-0.15, -0.1) is 0 Å². The average molecular weight is 373 g/mol. The minimum Gasteiger partial charge on any atom is -0.457 e. The monoisotopic (exact) mass is 373 g/mol. The number of benzene rings is 1. The van der Waals surface area contributed by atoms with Crippen LogP contribution in [0.5, 0.6) is 0 Å². The van der Waals surface area contributed by atoms with Gasteiger partial charge >= 0.3 is 18.2 Å². The molecule has 1 atom stereocenters. The zero-order chi connectivity index (χ0) is 20.0. The fourth-order valence-electron chi connectivity index (χ4n) is 1.78. The Hall–Kier alpha value is -2.51. The van der Waals surface area contributed by atoms with Crippen molar-refractivity contribution in [2.75, 3.05) is 6.54 Å². The van der Waals surface area contributed by atoms with E-state index < -0.39 is 35.5 Å². The third-order valence-corrected chi connectivity index (χ3v) is 2.89. The standard InChI is InChI=1S/C18H22F3NO4/c1-12(25-15(23)11-22-16(24)26-17(2,3)4)5-6-13-7-9-14(10-8-13)18(19,20)21/h5-10,12H,11H2,1-4H3,(H,22,24)/b6-5+. The predicted molar refractivity (Wildman–Crippen MR) is 90.3 cm³/mol. The van der Waals surface area contributed by atoms with Crippen LogP contribution in [0.2, 0.25) is 0 Å². The zero-order valence-corrected chi connectivity index (χ0v) is 15.0. The maximum absolute atomic E-state index is 12.5. The van der Waals surface area contributed by atoms with Gasteiger partial charge in [0.15, 0.2) is 0 Å². The van der Waals surface area contributed by atoms with Crippen molar-refractivity contribution >= 4 is 18.1 Å². The van der Waals surface area contributed by atoms with Crippen LogP contribution in [0.1, 0.15) is 38.8 Å². The van der Waals surface area contributed by atoms with Crippen molar-refractivity contribution in [1.29, 1.82) is 0 Å². The minimum absolute atomic E-state index is 0.354. The lowest BCUT2D eigenvalue weighted by molar-refractivity contribution is -0.145. The number of amides is 1. The number of hydrogen-bond donors (Lipinski definition) is 1. The molecular weight excluding hydrogens is 351 g/mol. The second-order valence-corrected chi connectivity index (χ2v) is 6.53. The molecule has 0 aliphatic heterocycles. The molecule has 0 aliphatic rings. The first-order chi connectivity index (χ1) is 11.9. The van der Waals surface area contributed by atoms with Crippen LogP contribution >= 0.6 is 0 Å². The summed E-state index contributed by atoms with van der Waals surface area (Å²) in [4.78, 5) is 23.1. The summed E-state index contributed by atoms with van der Waals surface area (Å²) < 4.78 is 47.5. The van der Waals surface area contributed by atoms with Gasteiger partial charge in [-0.2, -0.15) is 13.2 Å².